The van der Waals surface area contributed by atoms with Crippen LogP contribution in [0.4, 0.5) is 5.69 Å². The van der Waals surface area contributed by atoms with Crippen molar-refractivity contribution in [2.75, 3.05) is 13.1 Å². The molecular weight excluding hydrogens is 300 g/mol. The number of para-hydroxylation sites is 1. The molecule has 1 aromatic carbocycles. The van der Waals surface area contributed by atoms with Crippen molar-refractivity contribution >= 4 is 23.5 Å². The van der Waals surface area contributed by atoms with Crippen molar-refractivity contribution in [1.82, 2.24) is 9.80 Å². The molecule has 1 aliphatic rings. The topological polar surface area (TPSA) is 104 Å². The fourth-order valence-electron chi connectivity index (χ4n) is 2.73. The predicted octanol–water partition coefficient (Wildman–Crippen LogP) is 0.955. The number of quaternary nitrogens is 1. The van der Waals surface area contributed by atoms with E-state index in [-0.39, 0.29) is 12.5 Å². The largest absolute Gasteiger partial charge is 0.480 e. The fourth-order valence-corrected chi connectivity index (χ4v) is 2.73. The third-order valence-corrected chi connectivity index (χ3v) is 3.77. The summed E-state index contributed by atoms with van der Waals surface area (Å²) in [6.07, 6.45) is 4.36. The molecular formula is C16H19N2O5+. The fraction of sp³-hybridized carbons (Fsp3) is 0.312. The third-order valence-electron chi connectivity index (χ3n) is 3.77. The number of benzene rings is 1. The normalized spacial score (nSPS) is 24.2. The minimum Gasteiger partial charge on any atom is -0.480 e. The summed E-state index contributed by atoms with van der Waals surface area (Å²) in [5, 5.41) is 20.8. The summed E-state index contributed by atoms with van der Waals surface area (Å²) in [4.78, 5) is 35.1. The quantitative estimate of drug-likeness (QED) is 0.675. The smallest absolute Gasteiger partial charge is 0.360 e. The summed E-state index contributed by atoms with van der Waals surface area (Å²) in [7, 11) is 0. The van der Waals surface area contributed by atoms with Gasteiger partial charge in [0.05, 0.1) is 6.54 Å². The molecule has 1 amide bonds. The van der Waals surface area contributed by atoms with E-state index in [0.29, 0.717) is 18.5 Å². The van der Waals surface area contributed by atoms with Gasteiger partial charge < -0.3 is 10.2 Å². The van der Waals surface area contributed by atoms with Gasteiger partial charge in [-0.15, -0.1) is 0 Å². The highest BCUT2D eigenvalue weighted by molar-refractivity contribution is 5.97. The minimum atomic E-state index is -1.11. The lowest BCUT2D eigenvalue weighted by Crippen LogP contribution is -2.59. The van der Waals surface area contributed by atoms with Gasteiger partial charge in [0.1, 0.15) is 17.9 Å². The number of carboxylic acids is 2. The molecule has 7 nitrogen and oxygen atoms in total. The Kier molecular flexibility index (Phi) is 5.25. The second-order valence-corrected chi connectivity index (χ2v) is 5.38. The van der Waals surface area contributed by atoms with Gasteiger partial charge in [-0.1, -0.05) is 18.2 Å². The van der Waals surface area contributed by atoms with Crippen molar-refractivity contribution in [3.63, 3.8) is 0 Å². The van der Waals surface area contributed by atoms with Crippen LogP contribution >= 0.6 is 0 Å². The molecule has 0 spiro atoms. The number of aliphatic carboxylic acids is 2. The second kappa shape index (κ2) is 7.17. The molecule has 0 aliphatic carbocycles. The molecule has 2 rings (SSSR count). The molecule has 23 heavy (non-hydrogen) atoms. The summed E-state index contributed by atoms with van der Waals surface area (Å²) in [5.41, 5.74) is 0.542. The highest BCUT2D eigenvalue weighted by Crippen LogP contribution is 2.28. The van der Waals surface area contributed by atoms with Crippen LogP contribution in [0.2, 0.25) is 0 Å². The van der Waals surface area contributed by atoms with Gasteiger partial charge in [-0.05, 0) is 18.9 Å². The van der Waals surface area contributed by atoms with Gasteiger partial charge in [-0.2, -0.15) is 4.48 Å². The van der Waals surface area contributed by atoms with E-state index in [1.54, 1.807) is 42.6 Å². The van der Waals surface area contributed by atoms with Gasteiger partial charge in [0, 0.05) is 12.1 Å². The number of hydrogen-bond acceptors (Lipinski definition) is 4. The summed E-state index contributed by atoms with van der Waals surface area (Å²) in [6.45, 7) is -0.775. The molecule has 1 heterocycles. The number of carboxylic acid groups (broad SMARTS) is 2. The lowest BCUT2D eigenvalue weighted by molar-refractivity contribution is -0.143. The van der Waals surface area contributed by atoms with Crippen molar-refractivity contribution < 1.29 is 24.6 Å². The van der Waals surface area contributed by atoms with Crippen LogP contribution in [0.25, 0.3) is 0 Å². The molecule has 1 aromatic rings. The first-order valence-electron chi connectivity index (χ1n) is 7.28. The second-order valence-electron chi connectivity index (χ2n) is 5.38. The van der Waals surface area contributed by atoms with E-state index in [9.17, 15) is 19.5 Å². The maximum atomic E-state index is 13.0. The number of nitrogens with zero attached hydrogens (tertiary/aromatic N) is 1. The minimum absolute atomic E-state index is 0.349. The first-order valence-corrected chi connectivity index (χ1v) is 7.28. The summed E-state index contributed by atoms with van der Waals surface area (Å²) >= 11 is 0. The van der Waals surface area contributed by atoms with E-state index in [1.165, 1.54) is 0 Å². The van der Waals surface area contributed by atoms with Gasteiger partial charge in [0.25, 0.3) is 0 Å². The molecule has 3 N–H and O–H groups in total. The summed E-state index contributed by atoms with van der Waals surface area (Å²) in [5.74, 6) is -2.54. The Balaban J connectivity index is 2.43. The Morgan fingerprint density at radius 3 is 2.48 bits per heavy atom. The van der Waals surface area contributed by atoms with Crippen LogP contribution in [0, 0.1) is 0 Å². The van der Waals surface area contributed by atoms with Crippen molar-refractivity contribution in [1.29, 1.82) is 0 Å². The zero-order valence-corrected chi connectivity index (χ0v) is 12.5. The van der Waals surface area contributed by atoms with Crippen LogP contribution in [0.15, 0.2) is 42.6 Å². The average molecular weight is 319 g/mol. The van der Waals surface area contributed by atoms with Crippen LogP contribution in [0.1, 0.15) is 12.8 Å². The van der Waals surface area contributed by atoms with Crippen LogP contribution in [-0.2, 0) is 14.4 Å². The number of amides is 1. The standard InChI is InChI=1S/C16H18N2O5/c19-14(20)10-17-13-8-4-5-9-18(16(13)23,11-15(21)22)12-6-2-1-3-7-12/h1-3,5-7,9,13,17H,4,8,10-11H2,(H-,19,20,21,22)/p+1. The van der Waals surface area contributed by atoms with Crippen molar-refractivity contribution in [3.8, 4) is 0 Å². The maximum absolute atomic E-state index is 13.0. The average Bonchev–Trinajstić information content (AvgIpc) is 2.67. The summed E-state index contributed by atoms with van der Waals surface area (Å²) < 4.78 is -0.465. The predicted molar refractivity (Wildman–Crippen MR) is 83.5 cm³/mol. The van der Waals surface area contributed by atoms with Crippen LogP contribution in [-0.4, -0.2) is 47.2 Å². The van der Waals surface area contributed by atoms with Crippen molar-refractivity contribution in [3.05, 3.63) is 42.6 Å². The van der Waals surface area contributed by atoms with E-state index in [0.717, 1.165) is 0 Å². The van der Waals surface area contributed by atoms with Crippen molar-refractivity contribution in [2.24, 2.45) is 0 Å². The van der Waals surface area contributed by atoms with Gasteiger partial charge in [0.15, 0.2) is 6.54 Å². The Hall–Kier alpha value is -2.51. The maximum Gasteiger partial charge on any atom is 0.360 e. The molecule has 0 saturated heterocycles. The van der Waals surface area contributed by atoms with E-state index in [4.69, 9.17) is 5.11 Å². The Bertz CT molecular complexity index is 629. The molecule has 7 heteroatoms. The van der Waals surface area contributed by atoms with Gasteiger partial charge >= 0.3 is 17.8 Å². The molecule has 0 radical (unpaired) electrons. The zero-order chi connectivity index (χ0) is 16.9. The number of rotatable bonds is 6. The van der Waals surface area contributed by atoms with Gasteiger partial charge in [-0.25, -0.2) is 9.59 Å². The molecule has 122 valence electrons. The molecule has 0 saturated carbocycles. The van der Waals surface area contributed by atoms with Gasteiger partial charge in [-0.3, -0.25) is 10.1 Å². The molecule has 0 fully saturated rings. The first kappa shape index (κ1) is 16.9. The van der Waals surface area contributed by atoms with E-state index in [2.05, 4.69) is 5.32 Å². The van der Waals surface area contributed by atoms with Crippen LogP contribution < -0.4 is 9.80 Å². The lowest BCUT2D eigenvalue weighted by atomic mass is 10.1. The molecule has 0 bridgehead atoms. The Labute approximate surface area is 133 Å². The zero-order valence-electron chi connectivity index (χ0n) is 12.5. The van der Waals surface area contributed by atoms with Gasteiger partial charge in [0.2, 0.25) is 0 Å². The van der Waals surface area contributed by atoms with E-state index < -0.39 is 29.0 Å². The molecule has 2 atom stereocenters. The van der Waals surface area contributed by atoms with E-state index in [1.807, 2.05) is 0 Å². The number of hydrogen-bond donors (Lipinski definition) is 3. The number of nitrogens with one attached hydrogen (secondary N) is 1. The lowest BCUT2D eigenvalue weighted by Gasteiger charge is -2.32. The molecule has 0 aromatic heterocycles. The number of carbonyl (C=O) groups is 3. The number of allylic oxidation sites excluding steroid dienone is 1. The Morgan fingerprint density at radius 1 is 1.17 bits per heavy atom. The molecule has 1 aliphatic heterocycles. The monoisotopic (exact) mass is 319 g/mol. The highest BCUT2D eigenvalue weighted by atomic mass is 16.4. The van der Waals surface area contributed by atoms with Crippen molar-refractivity contribution in [2.45, 2.75) is 18.9 Å². The SMILES string of the molecule is O=C(O)CNC1CCC=C[N+](CC(=O)O)(c2ccccc2)C1=O. The number of carbonyl (C=O) groups excluding carboxylic acids is 1. The highest BCUT2D eigenvalue weighted by Gasteiger charge is 2.44. The van der Waals surface area contributed by atoms with Crippen LogP contribution in [0.3, 0.4) is 0 Å². The first-order chi connectivity index (χ1) is 11.0. The summed E-state index contributed by atoms with van der Waals surface area (Å²) in [6, 6.07) is 7.94. The molecule has 2 unspecified atom stereocenters. The third kappa shape index (κ3) is 3.82. The van der Waals surface area contributed by atoms with E-state index >= 15 is 0 Å². The Morgan fingerprint density at radius 2 is 1.87 bits per heavy atom. The van der Waals surface area contributed by atoms with Crippen LogP contribution in [0.5, 0.6) is 0 Å².